The Bertz CT molecular complexity index is 459. The molecule has 2 heterocycles. The van der Waals surface area contributed by atoms with Crippen LogP contribution in [-0.2, 0) is 4.79 Å². The molecule has 1 aromatic rings. The van der Waals surface area contributed by atoms with Crippen LogP contribution >= 0.6 is 0 Å². The third kappa shape index (κ3) is 3.50. The lowest BCUT2D eigenvalue weighted by Crippen LogP contribution is -2.37. The first-order valence-electron chi connectivity index (χ1n) is 7.55. The number of carbonyl (C=O) groups is 1. The third-order valence-electron chi connectivity index (χ3n) is 3.78. The van der Waals surface area contributed by atoms with Crippen molar-refractivity contribution in [3.8, 4) is 0 Å². The number of carbonyl (C=O) groups excluding carboxylic acids is 1. The highest BCUT2D eigenvalue weighted by atomic mass is 16.2. The molecular formula is C16H25N3O. The van der Waals surface area contributed by atoms with Gasteiger partial charge in [0.25, 0.3) is 0 Å². The molecular weight excluding hydrogens is 250 g/mol. The van der Waals surface area contributed by atoms with Crippen LogP contribution in [0.4, 0.5) is 5.82 Å². The lowest BCUT2D eigenvalue weighted by Gasteiger charge is -2.36. The van der Waals surface area contributed by atoms with E-state index in [4.69, 9.17) is 0 Å². The third-order valence-corrected chi connectivity index (χ3v) is 3.78. The summed E-state index contributed by atoms with van der Waals surface area (Å²) in [5, 5.41) is 3.42. The van der Waals surface area contributed by atoms with Gasteiger partial charge in [0.05, 0.1) is 6.04 Å². The molecule has 1 atom stereocenters. The van der Waals surface area contributed by atoms with E-state index < -0.39 is 0 Å². The standard InChI is InChI=1S/C16H25N3O/c1-12(2)11-18-16-14(7-6-9-17-16)15-8-4-5-10-19(15)13(3)20/h6-7,9,12,15H,4-5,8,10-11H2,1-3H3,(H,17,18). The number of nitrogens with zero attached hydrogens (tertiary/aromatic N) is 2. The lowest BCUT2D eigenvalue weighted by atomic mass is 9.95. The number of hydrogen-bond acceptors (Lipinski definition) is 3. The van der Waals surface area contributed by atoms with Crippen LogP contribution in [0.25, 0.3) is 0 Å². The second-order valence-corrected chi connectivity index (χ2v) is 5.94. The van der Waals surface area contributed by atoms with Gasteiger partial charge < -0.3 is 10.2 Å². The predicted octanol–water partition coefficient (Wildman–Crippen LogP) is 3.22. The van der Waals surface area contributed by atoms with Crippen LogP contribution in [-0.4, -0.2) is 28.9 Å². The van der Waals surface area contributed by atoms with Crippen LogP contribution in [0.15, 0.2) is 18.3 Å². The van der Waals surface area contributed by atoms with Crippen LogP contribution in [0, 0.1) is 5.92 Å². The van der Waals surface area contributed by atoms with E-state index in [0.717, 1.165) is 37.3 Å². The van der Waals surface area contributed by atoms with Gasteiger partial charge in [0.1, 0.15) is 5.82 Å². The normalized spacial score (nSPS) is 19.2. The molecule has 4 heteroatoms. The van der Waals surface area contributed by atoms with E-state index in [9.17, 15) is 4.79 Å². The molecule has 0 aliphatic carbocycles. The SMILES string of the molecule is CC(=O)N1CCCCC1c1cccnc1NCC(C)C. The molecule has 0 radical (unpaired) electrons. The zero-order valence-corrected chi connectivity index (χ0v) is 12.7. The van der Waals surface area contributed by atoms with E-state index in [0.29, 0.717) is 5.92 Å². The number of rotatable bonds is 4. The van der Waals surface area contributed by atoms with Crippen molar-refractivity contribution in [1.29, 1.82) is 0 Å². The lowest BCUT2D eigenvalue weighted by molar-refractivity contribution is -0.132. The molecule has 2 rings (SSSR count). The summed E-state index contributed by atoms with van der Waals surface area (Å²) in [6.07, 6.45) is 5.12. The minimum Gasteiger partial charge on any atom is -0.370 e. The van der Waals surface area contributed by atoms with Gasteiger partial charge in [0.2, 0.25) is 5.91 Å². The number of hydrogen-bond donors (Lipinski definition) is 1. The average Bonchev–Trinajstić information content (AvgIpc) is 2.45. The number of piperidine rings is 1. The van der Waals surface area contributed by atoms with E-state index in [1.54, 1.807) is 6.92 Å². The van der Waals surface area contributed by atoms with Crippen molar-refractivity contribution in [1.82, 2.24) is 9.88 Å². The van der Waals surface area contributed by atoms with Crippen LogP contribution in [0.2, 0.25) is 0 Å². The van der Waals surface area contributed by atoms with Crippen molar-refractivity contribution in [2.75, 3.05) is 18.4 Å². The quantitative estimate of drug-likeness (QED) is 0.917. The molecule has 1 saturated heterocycles. The Morgan fingerprint density at radius 3 is 3.00 bits per heavy atom. The predicted molar refractivity (Wildman–Crippen MR) is 81.5 cm³/mol. The number of anilines is 1. The van der Waals surface area contributed by atoms with E-state index >= 15 is 0 Å². The minimum absolute atomic E-state index is 0.161. The molecule has 1 aliphatic rings. The fourth-order valence-corrected chi connectivity index (χ4v) is 2.77. The molecule has 1 fully saturated rings. The Kier molecular flexibility index (Phi) is 4.99. The monoisotopic (exact) mass is 275 g/mol. The van der Waals surface area contributed by atoms with E-state index in [-0.39, 0.29) is 11.9 Å². The molecule has 1 aliphatic heterocycles. The van der Waals surface area contributed by atoms with Crippen molar-refractivity contribution in [2.45, 2.75) is 46.1 Å². The molecule has 110 valence electrons. The van der Waals surface area contributed by atoms with E-state index in [1.807, 2.05) is 17.2 Å². The maximum absolute atomic E-state index is 11.8. The maximum atomic E-state index is 11.8. The van der Waals surface area contributed by atoms with Gasteiger partial charge in [-0.3, -0.25) is 4.79 Å². The molecule has 0 aromatic carbocycles. The van der Waals surface area contributed by atoms with Gasteiger partial charge in [-0.25, -0.2) is 4.98 Å². The van der Waals surface area contributed by atoms with Gasteiger partial charge in [-0.15, -0.1) is 0 Å². The van der Waals surface area contributed by atoms with Gasteiger partial charge in [-0.1, -0.05) is 19.9 Å². The van der Waals surface area contributed by atoms with Crippen molar-refractivity contribution >= 4 is 11.7 Å². The summed E-state index contributed by atoms with van der Waals surface area (Å²) in [6, 6.07) is 4.23. The minimum atomic E-state index is 0.161. The number of nitrogens with one attached hydrogen (secondary N) is 1. The first-order chi connectivity index (χ1) is 9.59. The van der Waals surface area contributed by atoms with Gasteiger partial charge in [0.15, 0.2) is 0 Å². The maximum Gasteiger partial charge on any atom is 0.219 e. The van der Waals surface area contributed by atoms with Crippen LogP contribution in [0.1, 0.15) is 51.6 Å². The Morgan fingerprint density at radius 2 is 2.30 bits per heavy atom. The van der Waals surface area contributed by atoms with Crippen LogP contribution < -0.4 is 5.32 Å². The molecule has 0 spiro atoms. The highest BCUT2D eigenvalue weighted by molar-refractivity contribution is 5.74. The topological polar surface area (TPSA) is 45.2 Å². The summed E-state index contributed by atoms with van der Waals surface area (Å²) < 4.78 is 0. The van der Waals surface area contributed by atoms with Gasteiger partial charge in [-0.05, 0) is 31.2 Å². The molecule has 1 N–H and O–H groups in total. The van der Waals surface area contributed by atoms with Gasteiger partial charge >= 0.3 is 0 Å². The molecule has 1 unspecified atom stereocenters. The smallest absolute Gasteiger partial charge is 0.219 e. The Labute approximate surface area is 121 Å². The van der Waals surface area contributed by atoms with E-state index in [1.165, 1.54) is 6.42 Å². The van der Waals surface area contributed by atoms with Crippen molar-refractivity contribution in [3.05, 3.63) is 23.9 Å². The van der Waals surface area contributed by atoms with Crippen molar-refractivity contribution in [3.63, 3.8) is 0 Å². The second-order valence-electron chi connectivity index (χ2n) is 5.94. The molecule has 1 amide bonds. The molecule has 0 saturated carbocycles. The Balaban J connectivity index is 2.23. The first-order valence-corrected chi connectivity index (χ1v) is 7.55. The van der Waals surface area contributed by atoms with Crippen molar-refractivity contribution < 1.29 is 4.79 Å². The Hall–Kier alpha value is -1.58. The summed E-state index contributed by atoms with van der Waals surface area (Å²) in [7, 11) is 0. The number of amides is 1. The molecule has 0 bridgehead atoms. The van der Waals surface area contributed by atoms with E-state index in [2.05, 4.69) is 30.2 Å². The van der Waals surface area contributed by atoms with Gasteiger partial charge in [0, 0.05) is 31.8 Å². The van der Waals surface area contributed by atoms with Crippen LogP contribution in [0.5, 0.6) is 0 Å². The fourth-order valence-electron chi connectivity index (χ4n) is 2.77. The largest absolute Gasteiger partial charge is 0.370 e. The number of pyridine rings is 1. The summed E-state index contributed by atoms with van der Waals surface area (Å²) in [5.41, 5.74) is 1.16. The summed E-state index contributed by atoms with van der Waals surface area (Å²) in [6.45, 7) is 7.78. The second kappa shape index (κ2) is 6.73. The zero-order valence-electron chi connectivity index (χ0n) is 12.7. The zero-order chi connectivity index (χ0) is 14.5. The Morgan fingerprint density at radius 1 is 1.50 bits per heavy atom. The molecule has 1 aromatic heterocycles. The summed E-state index contributed by atoms with van der Waals surface area (Å²) >= 11 is 0. The van der Waals surface area contributed by atoms with Crippen LogP contribution in [0.3, 0.4) is 0 Å². The van der Waals surface area contributed by atoms with Crippen molar-refractivity contribution in [2.24, 2.45) is 5.92 Å². The number of aromatic nitrogens is 1. The average molecular weight is 275 g/mol. The van der Waals surface area contributed by atoms with Gasteiger partial charge in [-0.2, -0.15) is 0 Å². The molecule has 4 nitrogen and oxygen atoms in total. The number of likely N-dealkylation sites (tertiary alicyclic amines) is 1. The summed E-state index contributed by atoms with van der Waals surface area (Å²) in [4.78, 5) is 18.3. The first kappa shape index (κ1) is 14.8. The highest BCUT2D eigenvalue weighted by Gasteiger charge is 2.27. The summed E-state index contributed by atoms with van der Waals surface area (Å²) in [5.74, 6) is 1.66. The fraction of sp³-hybridized carbons (Fsp3) is 0.625. The molecule has 20 heavy (non-hydrogen) atoms. The highest BCUT2D eigenvalue weighted by Crippen LogP contribution is 2.34.